The van der Waals surface area contributed by atoms with Gasteiger partial charge < -0.3 is 10.2 Å². The van der Waals surface area contributed by atoms with Crippen LogP contribution in [0.5, 0.6) is 0 Å². The molecule has 0 amide bonds. The summed E-state index contributed by atoms with van der Waals surface area (Å²) >= 11 is 0. The van der Waals surface area contributed by atoms with E-state index in [1.165, 1.54) is 36.8 Å². The van der Waals surface area contributed by atoms with Crippen LogP contribution in [0, 0.1) is 50.2 Å². The molecule has 0 fully saturated rings. The van der Waals surface area contributed by atoms with Gasteiger partial charge in [-0.05, 0) is 113 Å². The predicted molar refractivity (Wildman–Crippen MR) is 240 cm³/mol. The van der Waals surface area contributed by atoms with Crippen molar-refractivity contribution in [2.75, 3.05) is 0 Å². The number of rotatable bonds is 20. The average molecular weight is 755 g/mol. The van der Waals surface area contributed by atoms with E-state index in [9.17, 15) is 10.2 Å². The molecule has 8 unspecified atom stereocenters. The Morgan fingerprint density at radius 3 is 1.09 bits per heavy atom. The maximum absolute atomic E-state index is 14.5. The van der Waals surface area contributed by atoms with Crippen LogP contribution >= 0.6 is 0 Å². The lowest BCUT2D eigenvalue weighted by molar-refractivity contribution is -0.259. The molecule has 2 aliphatic carbocycles. The molecule has 2 rings (SSSR count). The van der Waals surface area contributed by atoms with Gasteiger partial charge in [-0.3, -0.25) is 0 Å². The normalized spacial score (nSPS) is 35.9. The van der Waals surface area contributed by atoms with Gasteiger partial charge in [0.25, 0.3) is 0 Å². The van der Waals surface area contributed by atoms with Crippen LogP contribution < -0.4 is 0 Å². The summed E-state index contributed by atoms with van der Waals surface area (Å²) < 4.78 is 0. The third kappa shape index (κ3) is 8.44. The molecule has 2 aliphatic rings. The monoisotopic (exact) mass is 755 g/mol. The van der Waals surface area contributed by atoms with Crippen LogP contribution in [0.3, 0.4) is 0 Å². The van der Waals surface area contributed by atoms with Gasteiger partial charge in [-0.2, -0.15) is 0 Å². The minimum Gasteiger partial charge on any atom is -0.388 e. The maximum Gasteiger partial charge on any atom is 0.0799 e. The van der Waals surface area contributed by atoms with Crippen LogP contribution in [0.25, 0.3) is 0 Å². The predicted octanol–water partition coefficient (Wildman–Crippen LogP) is 16.2. The summed E-state index contributed by atoms with van der Waals surface area (Å²) in [6.45, 7) is 45.9. The highest BCUT2D eigenvalue weighted by Crippen LogP contribution is 2.75. The Labute approximate surface area is 340 Å². The van der Waals surface area contributed by atoms with Crippen LogP contribution in [0.2, 0.25) is 0 Å². The molecule has 2 N–H and O–H groups in total. The molecule has 0 radical (unpaired) electrons. The second-order valence-electron chi connectivity index (χ2n) is 22.3. The maximum atomic E-state index is 14.5. The van der Waals surface area contributed by atoms with E-state index >= 15 is 0 Å². The molecule has 0 aromatic carbocycles. The fraction of sp³-hybridized carbons (Fsp3) is 0.923. The van der Waals surface area contributed by atoms with E-state index in [1.54, 1.807) is 11.1 Å². The summed E-state index contributed by atoms with van der Waals surface area (Å²) in [7, 11) is 0. The highest BCUT2D eigenvalue weighted by atomic mass is 16.3. The fourth-order valence-electron chi connectivity index (χ4n) is 13.9. The Morgan fingerprint density at radius 1 is 0.519 bits per heavy atom. The van der Waals surface area contributed by atoms with Crippen LogP contribution in [-0.2, 0) is 0 Å². The lowest BCUT2D eigenvalue weighted by Gasteiger charge is -2.72. The molecule has 0 saturated carbocycles. The first-order valence-corrected chi connectivity index (χ1v) is 23.7. The van der Waals surface area contributed by atoms with Crippen molar-refractivity contribution in [1.29, 1.82) is 0 Å². The third-order valence-electron chi connectivity index (χ3n) is 16.8. The Bertz CT molecular complexity index is 1160. The molecule has 0 saturated heterocycles. The van der Waals surface area contributed by atoms with Gasteiger partial charge in [-0.1, -0.05) is 185 Å². The first-order chi connectivity index (χ1) is 24.8. The molecule has 2 heteroatoms. The highest BCUT2D eigenvalue weighted by Gasteiger charge is 2.73. The van der Waals surface area contributed by atoms with E-state index in [-0.39, 0.29) is 27.6 Å². The van der Waals surface area contributed by atoms with Crippen molar-refractivity contribution >= 4 is 0 Å². The molecular weight excluding hydrogens is 657 g/mol. The standard InChI is InChI=1S/C52H98O2/c1-20-27-30-42-38(8)40(25-6)49(18,51(53,32-23-4)47(42,16)36-34-45(10,11)12)44(29-22-3)50(19)41(26-7)39(9)43(31-28-21-2)48(17,37-35-46(13,14)15)52(50,54)33-24-5/h42-44,53-54H,20-37H2,1-19H3. The molecule has 2 nitrogen and oxygen atoms in total. The summed E-state index contributed by atoms with van der Waals surface area (Å²) in [6.07, 6.45) is 18.8. The first-order valence-electron chi connectivity index (χ1n) is 23.7. The Balaban J connectivity index is 3.37. The van der Waals surface area contributed by atoms with E-state index < -0.39 is 22.0 Å². The minimum absolute atomic E-state index is 0.0834. The van der Waals surface area contributed by atoms with Gasteiger partial charge in [-0.25, -0.2) is 0 Å². The molecule has 54 heavy (non-hydrogen) atoms. The molecule has 8 atom stereocenters. The molecule has 0 bridgehead atoms. The summed E-state index contributed by atoms with van der Waals surface area (Å²) in [5, 5.41) is 29.1. The zero-order chi connectivity index (χ0) is 41.8. The van der Waals surface area contributed by atoms with Gasteiger partial charge in [0.05, 0.1) is 11.2 Å². The van der Waals surface area contributed by atoms with E-state index in [0.717, 1.165) is 89.9 Å². The summed E-state index contributed by atoms with van der Waals surface area (Å²) in [5.74, 6) is 0.794. The van der Waals surface area contributed by atoms with Crippen molar-refractivity contribution < 1.29 is 10.2 Å². The van der Waals surface area contributed by atoms with Crippen LogP contribution in [-0.4, -0.2) is 21.4 Å². The van der Waals surface area contributed by atoms with Crippen molar-refractivity contribution in [3.05, 3.63) is 22.3 Å². The molecule has 0 aromatic rings. The molecule has 0 aliphatic heterocycles. The van der Waals surface area contributed by atoms with Crippen molar-refractivity contribution in [3.63, 3.8) is 0 Å². The SMILES string of the molecule is CCCCC1C(C)=C(CC)C(C)(C(CCC)C2(C)C(CC)=C(C)C(CCCC)C(C)(CCC(C)(C)C)C2(O)CCC)C(O)(CCC)C1(C)CCC(C)(C)C. The van der Waals surface area contributed by atoms with Crippen molar-refractivity contribution in [3.8, 4) is 0 Å². The van der Waals surface area contributed by atoms with Crippen molar-refractivity contribution in [2.45, 2.75) is 258 Å². The minimum atomic E-state index is -0.924. The largest absolute Gasteiger partial charge is 0.388 e. The van der Waals surface area contributed by atoms with Crippen molar-refractivity contribution in [2.24, 2.45) is 50.2 Å². The number of hydrogen-bond donors (Lipinski definition) is 2. The fourth-order valence-corrected chi connectivity index (χ4v) is 13.9. The lowest BCUT2D eigenvalue weighted by atomic mass is 9.34. The van der Waals surface area contributed by atoms with E-state index in [2.05, 4.69) is 132 Å². The van der Waals surface area contributed by atoms with E-state index in [0.29, 0.717) is 11.8 Å². The summed E-state index contributed by atoms with van der Waals surface area (Å²) in [4.78, 5) is 0. The van der Waals surface area contributed by atoms with Crippen LogP contribution in [0.4, 0.5) is 0 Å². The van der Waals surface area contributed by atoms with E-state index in [1.807, 2.05) is 0 Å². The first kappa shape index (κ1) is 49.5. The number of aliphatic hydroxyl groups is 2. The molecular formula is C52H98O2. The van der Waals surface area contributed by atoms with Gasteiger partial charge in [0.15, 0.2) is 0 Å². The number of hydrogen-bond acceptors (Lipinski definition) is 2. The number of allylic oxidation sites excluding steroid dienone is 2. The third-order valence-corrected chi connectivity index (χ3v) is 16.8. The topological polar surface area (TPSA) is 40.5 Å². The van der Waals surface area contributed by atoms with Crippen LogP contribution in [0.15, 0.2) is 22.3 Å². The number of unbranched alkanes of at least 4 members (excludes halogenated alkanes) is 2. The quantitative estimate of drug-likeness (QED) is 0.122. The van der Waals surface area contributed by atoms with Gasteiger partial charge in [0.2, 0.25) is 0 Å². The molecule has 0 spiro atoms. The van der Waals surface area contributed by atoms with Crippen molar-refractivity contribution in [1.82, 2.24) is 0 Å². The molecule has 0 heterocycles. The smallest absolute Gasteiger partial charge is 0.0799 e. The summed E-state index contributed by atoms with van der Waals surface area (Å²) in [6, 6.07) is 0. The molecule has 0 aromatic heterocycles. The molecule has 318 valence electrons. The Hall–Kier alpha value is -0.600. The van der Waals surface area contributed by atoms with Gasteiger partial charge in [0.1, 0.15) is 0 Å². The zero-order valence-corrected chi connectivity index (χ0v) is 40.4. The Morgan fingerprint density at radius 2 is 0.852 bits per heavy atom. The zero-order valence-electron chi connectivity index (χ0n) is 40.4. The second kappa shape index (κ2) is 18.5. The van der Waals surface area contributed by atoms with Crippen LogP contribution in [0.1, 0.15) is 247 Å². The highest BCUT2D eigenvalue weighted by molar-refractivity contribution is 5.43. The Kier molecular flexibility index (Phi) is 17.0. The average Bonchev–Trinajstić information content (AvgIpc) is 3.07. The van der Waals surface area contributed by atoms with Gasteiger partial charge >= 0.3 is 0 Å². The second-order valence-corrected chi connectivity index (χ2v) is 22.3. The lowest BCUT2D eigenvalue weighted by Crippen LogP contribution is -2.73. The summed E-state index contributed by atoms with van der Waals surface area (Å²) in [5.41, 5.74) is 3.11. The van der Waals surface area contributed by atoms with Gasteiger partial charge in [0, 0.05) is 21.7 Å². The van der Waals surface area contributed by atoms with Gasteiger partial charge in [-0.15, -0.1) is 0 Å². The van der Waals surface area contributed by atoms with E-state index in [4.69, 9.17) is 0 Å².